The predicted molar refractivity (Wildman–Crippen MR) is 60.9 cm³/mol. The van der Waals surface area contributed by atoms with Gasteiger partial charge < -0.3 is 11.1 Å². The molecule has 1 amide bonds. The van der Waals surface area contributed by atoms with Crippen LogP contribution in [0.4, 0.5) is 5.95 Å². The number of pyridine rings is 1. The van der Waals surface area contributed by atoms with Crippen LogP contribution in [0.5, 0.6) is 0 Å². The van der Waals surface area contributed by atoms with E-state index in [2.05, 4.69) is 25.5 Å². The Bertz CT molecular complexity index is 509. The largest absolute Gasteiger partial charge is 0.366 e. The van der Waals surface area contributed by atoms with Gasteiger partial charge in [0.25, 0.3) is 5.91 Å². The maximum Gasteiger partial charge on any atom is 0.289 e. The summed E-state index contributed by atoms with van der Waals surface area (Å²) in [5.74, 6) is -0.215. The minimum atomic E-state index is -0.356. The van der Waals surface area contributed by atoms with Gasteiger partial charge >= 0.3 is 0 Å². The molecule has 0 spiro atoms. The van der Waals surface area contributed by atoms with Crippen molar-refractivity contribution in [2.75, 3.05) is 5.73 Å². The number of H-pyrrole nitrogens is 1. The van der Waals surface area contributed by atoms with Crippen LogP contribution in [0, 0.1) is 0 Å². The number of carbonyl (C=O) groups is 1. The molecule has 0 saturated heterocycles. The first kappa shape index (κ1) is 11.1. The summed E-state index contributed by atoms with van der Waals surface area (Å²) in [6.45, 7) is 1.86. The maximum absolute atomic E-state index is 11.7. The van der Waals surface area contributed by atoms with E-state index < -0.39 is 0 Å². The predicted octanol–water partition coefficient (Wildman–Crippen LogP) is 0.273. The molecule has 2 rings (SSSR count). The number of carbonyl (C=O) groups excluding carboxylic acids is 1. The van der Waals surface area contributed by atoms with Gasteiger partial charge in [-0.1, -0.05) is 6.07 Å². The summed E-state index contributed by atoms with van der Waals surface area (Å²) in [6, 6.07) is 3.53. The van der Waals surface area contributed by atoms with Crippen LogP contribution in [0.25, 0.3) is 0 Å². The average Bonchev–Trinajstić information content (AvgIpc) is 2.77. The Labute approximate surface area is 97.5 Å². The Balaban J connectivity index is 2.04. The number of rotatable bonds is 3. The van der Waals surface area contributed by atoms with E-state index in [1.807, 2.05) is 19.1 Å². The van der Waals surface area contributed by atoms with E-state index in [0.29, 0.717) is 0 Å². The van der Waals surface area contributed by atoms with Gasteiger partial charge in [0.15, 0.2) is 0 Å². The van der Waals surface area contributed by atoms with Crippen LogP contribution in [0.3, 0.4) is 0 Å². The van der Waals surface area contributed by atoms with E-state index in [-0.39, 0.29) is 23.7 Å². The normalized spacial score (nSPS) is 12.1. The van der Waals surface area contributed by atoms with Crippen LogP contribution in [-0.4, -0.2) is 26.1 Å². The molecule has 2 heterocycles. The van der Waals surface area contributed by atoms with E-state index in [9.17, 15) is 4.79 Å². The molecule has 0 fully saturated rings. The molecular formula is C10H12N6O. The molecule has 0 aromatic carbocycles. The van der Waals surface area contributed by atoms with Crippen LogP contribution in [0.15, 0.2) is 24.5 Å². The quantitative estimate of drug-likeness (QED) is 0.703. The van der Waals surface area contributed by atoms with Gasteiger partial charge in [0, 0.05) is 12.4 Å². The van der Waals surface area contributed by atoms with Gasteiger partial charge in [0.05, 0.1) is 6.04 Å². The first-order chi connectivity index (χ1) is 8.16. The monoisotopic (exact) mass is 232 g/mol. The summed E-state index contributed by atoms with van der Waals surface area (Å²) >= 11 is 0. The lowest BCUT2D eigenvalue weighted by Gasteiger charge is -2.12. The number of aromatic amines is 1. The topological polar surface area (TPSA) is 110 Å². The van der Waals surface area contributed by atoms with Gasteiger partial charge in [-0.2, -0.15) is 4.98 Å². The molecule has 1 atom stereocenters. The summed E-state index contributed by atoms with van der Waals surface area (Å²) in [4.78, 5) is 19.4. The zero-order valence-corrected chi connectivity index (χ0v) is 9.21. The SMILES string of the molecule is C[C@H](NC(=O)c1nc(N)n[nH]1)c1cccnc1. The molecule has 0 bridgehead atoms. The number of nitrogens with one attached hydrogen (secondary N) is 2. The molecule has 0 aliphatic carbocycles. The number of nitrogens with zero attached hydrogens (tertiary/aromatic N) is 3. The molecule has 7 nitrogen and oxygen atoms in total. The number of anilines is 1. The molecule has 17 heavy (non-hydrogen) atoms. The fourth-order valence-electron chi connectivity index (χ4n) is 1.36. The van der Waals surface area contributed by atoms with Gasteiger partial charge in [-0.05, 0) is 18.6 Å². The van der Waals surface area contributed by atoms with Crippen molar-refractivity contribution in [1.29, 1.82) is 0 Å². The van der Waals surface area contributed by atoms with Crippen molar-refractivity contribution in [3.8, 4) is 0 Å². The first-order valence-electron chi connectivity index (χ1n) is 5.05. The lowest BCUT2D eigenvalue weighted by atomic mass is 10.1. The standard InChI is InChI=1S/C10H12N6O/c1-6(7-3-2-4-12-5-7)13-9(17)8-14-10(11)16-15-8/h2-6H,1H3,(H,13,17)(H3,11,14,15,16)/t6-/m0/s1. The van der Waals surface area contributed by atoms with E-state index in [0.717, 1.165) is 5.56 Å². The fourth-order valence-corrected chi connectivity index (χ4v) is 1.36. The second kappa shape index (κ2) is 4.60. The maximum atomic E-state index is 11.7. The number of hydrogen-bond acceptors (Lipinski definition) is 5. The molecule has 88 valence electrons. The van der Waals surface area contributed by atoms with Crippen molar-refractivity contribution >= 4 is 11.9 Å². The number of amides is 1. The summed E-state index contributed by atoms with van der Waals surface area (Å²) in [7, 11) is 0. The molecule has 0 aliphatic heterocycles. The van der Waals surface area contributed by atoms with Crippen LogP contribution in [-0.2, 0) is 0 Å². The van der Waals surface area contributed by atoms with E-state index in [1.165, 1.54) is 0 Å². The molecule has 0 radical (unpaired) electrons. The lowest BCUT2D eigenvalue weighted by Crippen LogP contribution is -2.27. The van der Waals surface area contributed by atoms with Gasteiger partial charge in [-0.3, -0.25) is 14.9 Å². The van der Waals surface area contributed by atoms with Crippen LogP contribution >= 0.6 is 0 Å². The van der Waals surface area contributed by atoms with E-state index >= 15 is 0 Å². The van der Waals surface area contributed by atoms with Crippen molar-refractivity contribution in [2.45, 2.75) is 13.0 Å². The second-order valence-corrected chi connectivity index (χ2v) is 3.52. The highest BCUT2D eigenvalue weighted by atomic mass is 16.2. The van der Waals surface area contributed by atoms with Gasteiger partial charge in [-0.25, -0.2) is 0 Å². The Morgan fingerprint density at radius 3 is 3.00 bits per heavy atom. The third-order valence-electron chi connectivity index (χ3n) is 2.25. The second-order valence-electron chi connectivity index (χ2n) is 3.52. The highest BCUT2D eigenvalue weighted by Crippen LogP contribution is 2.10. The molecule has 0 saturated carbocycles. The fraction of sp³-hybridized carbons (Fsp3) is 0.200. The first-order valence-corrected chi connectivity index (χ1v) is 5.05. The molecule has 4 N–H and O–H groups in total. The molecular weight excluding hydrogens is 220 g/mol. The number of aromatic nitrogens is 4. The van der Waals surface area contributed by atoms with Crippen molar-refractivity contribution < 1.29 is 4.79 Å². The summed E-state index contributed by atoms with van der Waals surface area (Å²) in [5.41, 5.74) is 6.23. The zero-order chi connectivity index (χ0) is 12.3. The van der Waals surface area contributed by atoms with Crippen LogP contribution in [0.1, 0.15) is 29.1 Å². The minimum absolute atomic E-state index is 0.0455. The van der Waals surface area contributed by atoms with Crippen LogP contribution in [0.2, 0.25) is 0 Å². The smallest absolute Gasteiger partial charge is 0.289 e. The number of nitrogen functional groups attached to an aromatic ring is 1. The van der Waals surface area contributed by atoms with E-state index in [1.54, 1.807) is 12.4 Å². The van der Waals surface area contributed by atoms with Crippen molar-refractivity contribution in [3.05, 3.63) is 35.9 Å². The van der Waals surface area contributed by atoms with Gasteiger partial charge in [-0.15, -0.1) is 5.10 Å². The zero-order valence-electron chi connectivity index (χ0n) is 9.21. The van der Waals surface area contributed by atoms with Crippen molar-refractivity contribution in [2.24, 2.45) is 0 Å². The molecule has 2 aromatic rings. The summed E-state index contributed by atoms with van der Waals surface area (Å²) in [6.07, 6.45) is 3.37. The Hall–Kier alpha value is -2.44. The van der Waals surface area contributed by atoms with Crippen molar-refractivity contribution in [1.82, 2.24) is 25.5 Å². The average molecular weight is 232 g/mol. The lowest BCUT2D eigenvalue weighted by molar-refractivity contribution is 0.0930. The molecule has 2 aromatic heterocycles. The summed E-state index contributed by atoms with van der Waals surface area (Å²) in [5, 5.41) is 8.79. The number of hydrogen-bond donors (Lipinski definition) is 3. The molecule has 7 heteroatoms. The highest BCUT2D eigenvalue weighted by Gasteiger charge is 2.14. The Kier molecular flexibility index (Phi) is 2.99. The Morgan fingerprint density at radius 1 is 1.59 bits per heavy atom. The van der Waals surface area contributed by atoms with Crippen molar-refractivity contribution in [3.63, 3.8) is 0 Å². The third kappa shape index (κ3) is 2.57. The number of nitrogens with two attached hydrogens (primary N) is 1. The van der Waals surface area contributed by atoms with Gasteiger partial charge in [0.2, 0.25) is 11.8 Å². The minimum Gasteiger partial charge on any atom is -0.366 e. The van der Waals surface area contributed by atoms with E-state index in [4.69, 9.17) is 5.73 Å². The molecule has 0 aliphatic rings. The highest BCUT2D eigenvalue weighted by molar-refractivity contribution is 5.90. The summed E-state index contributed by atoms with van der Waals surface area (Å²) < 4.78 is 0. The third-order valence-corrected chi connectivity index (χ3v) is 2.25. The van der Waals surface area contributed by atoms with Gasteiger partial charge in [0.1, 0.15) is 0 Å². The Morgan fingerprint density at radius 2 is 2.41 bits per heavy atom. The van der Waals surface area contributed by atoms with Crippen LogP contribution < -0.4 is 11.1 Å². The molecule has 0 unspecified atom stereocenters.